The lowest BCUT2D eigenvalue weighted by Crippen LogP contribution is -1.96. The third kappa shape index (κ3) is 2.09. The van der Waals surface area contributed by atoms with Crippen LogP contribution in [-0.4, -0.2) is 17.1 Å². The number of aromatic amines is 1. The first kappa shape index (κ1) is 11.1. The molecule has 0 atom stereocenters. The number of ether oxygens (including phenoxy) is 1. The highest BCUT2D eigenvalue weighted by Gasteiger charge is 2.07. The average Bonchev–Trinajstić information content (AvgIpc) is 2.56. The molecule has 1 heterocycles. The number of benzene rings is 1. The average molecular weight is 233 g/mol. The van der Waals surface area contributed by atoms with Crippen LogP contribution in [0.3, 0.4) is 0 Å². The normalized spacial score (nSPS) is 10.6. The molecule has 3 heteroatoms. The van der Waals surface area contributed by atoms with E-state index in [9.17, 15) is 0 Å². The Morgan fingerprint density at radius 1 is 1.38 bits per heavy atom. The molecule has 2 rings (SSSR count). The Hall–Kier alpha value is -1.35. The zero-order valence-corrected chi connectivity index (χ0v) is 10.4. The standard InChI is InChI=1S/C13H15NOS/c1-9-3-4-13-12(7-9)11(10(2)14-13)5-6-15-8-16/h3-4,7-8,14H,5-6H2,1-2H3. The minimum atomic E-state index is 0.644. The van der Waals surface area contributed by atoms with Crippen LogP contribution >= 0.6 is 12.2 Å². The number of H-pyrrole nitrogens is 1. The fourth-order valence-corrected chi connectivity index (χ4v) is 2.12. The van der Waals surface area contributed by atoms with Gasteiger partial charge in [0, 0.05) is 23.0 Å². The summed E-state index contributed by atoms with van der Waals surface area (Å²) >= 11 is 4.64. The highest BCUT2D eigenvalue weighted by molar-refractivity contribution is 7.78. The fourth-order valence-electron chi connectivity index (χ4n) is 2.03. The summed E-state index contributed by atoms with van der Waals surface area (Å²) in [4.78, 5) is 3.39. The zero-order chi connectivity index (χ0) is 11.5. The van der Waals surface area contributed by atoms with Crippen LogP contribution in [-0.2, 0) is 11.2 Å². The van der Waals surface area contributed by atoms with E-state index < -0.39 is 0 Å². The lowest BCUT2D eigenvalue weighted by atomic mass is 10.1. The summed E-state index contributed by atoms with van der Waals surface area (Å²) < 4.78 is 5.12. The first-order chi connectivity index (χ1) is 7.72. The van der Waals surface area contributed by atoms with E-state index in [2.05, 4.69) is 49.2 Å². The molecular weight excluding hydrogens is 218 g/mol. The van der Waals surface area contributed by atoms with Crippen LogP contribution in [0.1, 0.15) is 16.8 Å². The zero-order valence-electron chi connectivity index (χ0n) is 9.54. The predicted octanol–water partition coefficient (Wildman–Crippen LogP) is 3.30. The van der Waals surface area contributed by atoms with Gasteiger partial charge in [0.25, 0.3) is 0 Å². The van der Waals surface area contributed by atoms with Gasteiger partial charge in [-0.1, -0.05) is 11.6 Å². The number of thiocarbonyl (C=S) groups is 1. The second-order valence-corrected chi connectivity index (χ2v) is 4.19. The van der Waals surface area contributed by atoms with Crippen LogP contribution in [0.25, 0.3) is 10.9 Å². The maximum Gasteiger partial charge on any atom is 0.146 e. The number of hydrogen-bond donors (Lipinski definition) is 1. The van der Waals surface area contributed by atoms with E-state index in [1.165, 1.54) is 33.3 Å². The highest BCUT2D eigenvalue weighted by Crippen LogP contribution is 2.23. The highest BCUT2D eigenvalue weighted by atomic mass is 32.1. The van der Waals surface area contributed by atoms with Crippen LogP contribution in [0.2, 0.25) is 0 Å². The molecule has 84 valence electrons. The summed E-state index contributed by atoms with van der Waals surface area (Å²) in [5.74, 6) is 0. The Morgan fingerprint density at radius 3 is 2.94 bits per heavy atom. The smallest absolute Gasteiger partial charge is 0.146 e. The SMILES string of the molecule is Cc1ccc2[nH]c(C)c(CCOC=S)c2c1. The van der Waals surface area contributed by atoms with Crippen molar-refractivity contribution in [1.82, 2.24) is 4.98 Å². The number of nitrogens with one attached hydrogen (secondary N) is 1. The Balaban J connectivity index is 2.38. The second kappa shape index (κ2) is 4.66. The Morgan fingerprint density at radius 2 is 2.19 bits per heavy atom. The maximum atomic E-state index is 5.12. The third-order valence-electron chi connectivity index (χ3n) is 2.81. The molecular formula is C13H15NOS. The molecule has 0 fully saturated rings. The van der Waals surface area contributed by atoms with Gasteiger partial charge in [0.05, 0.1) is 6.61 Å². The fraction of sp³-hybridized carbons (Fsp3) is 0.308. The number of aromatic nitrogens is 1. The number of fused-ring (bicyclic) bond motifs is 1. The molecule has 0 aliphatic heterocycles. The van der Waals surface area contributed by atoms with E-state index in [4.69, 9.17) is 4.74 Å². The summed E-state index contributed by atoms with van der Waals surface area (Å²) in [6, 6.07) is 6.46. The predicted molar refractivity (Wildman–Crippen MR) is 71.1 cm³/mol. The summed E-state index contributed by atoms with van der Waals surface area (Å²) in [6.07, 6.45) is 0.891. The third-order valence-corrected chi connectivity index (χ3v) is 2.95. The van der Waals surface area contributed by atoms with Crippen LogP contribution in [0.5, 0.6) is 0 Å². The summed E-state index contributed by atoms with van der Waals surface area (Å²) in [7, 11) is 0. The van der Waals surface area contributed by atoms with E-state index in [-0.39, 0.29) is 0 Å². The Labute approximate surface area is 101 Å². The number of rotatable bonds is 4. The first-order valence-corrected chi connectivity index (χ1v) is 5.82. The van der Waals surface area contributed by atoms with Crippen LogP contribution in [0.15, 0.2) is 18.2 Å². The van der Waals surface area contributed by atoms with Crippen molar-refractivity contribution in [3.05, 3.63) is 35.0 Å². The molecule has 0 saturated heterocycles. The molecule has 16 heavy (non-hydrogen) atoms. The van der Waals surface area contributed by atoms with Crippen molar-refractivity contribution in [1.29, 1.82) is 0 Å². The number of aryl methyl sites for hydroxylation is 2. The topological polar surface area (TPSA) is 25.0 Å². The van der Waals surface area contributed by atoms with Crippen LogP contribution < -0.4 is 0 Å². The van der Waals surface area contributed by atoms with E-state index >= 15 is 0 Å². The molecule has 0 aliphatic rings. The molecule has 1 aromatic heterocycles. The van der Waals surface area contributed by atoms with Crippen molar-refractivity contribution in [2.75, 3.05) is 6.61 Å². The molecule has 1 aromatic carbocycles. The molecule has 0 unspecified atom stereocenters. The quantitative estimate of drug-likeness (QED) is 0.647. The van der Waals surface area contributed by atoms with E-state index in [1.54, 1.807) is 0 Å². The van der Waals surface area contributed by atoms with E-state index in [0.29, 0.717) is 6.61 Å². The molecule has 1 N–H and O–H groups in total. The van der Waals surface area contributed by atoms with Crippen LogP contribution in [0, 0.1) is 13.8 Å². The summed E-state index contributed by atoms with van der Waals surface area (Å²) in [5, 5.41) is 1.30. The molecule has 2 nitrogen and oxygen atoms in total. The number of hydrogen-bond acceptors (Lipinski definition) is 2. The van der Waals surface area contributed by atoms with E-state index in [1.807, 2.05) is 0 Å². The second-order valence-electron chi connectivity index (χ2n) is 3.99. The van der Waals surface area contributed by atoms with Crippen molar-refractivity contribution in [3.8, 4) is 0 Å². The van der Waals surface area contributed by atoms with Crippen LogP contribution in [0.4, 0.5) is 0 Å². The van der Waals surface area contributed by atoms with Gasteiger partial charge in [-0.25, -0.2) is 0 Å². The molecule has 0 spiro atoms. The van der Waals surface area contributed by atoms with Gasteiger partial charge >= 0.3 is 0 Å². The Bertz CT molecular complexity index is 516. The van der Waals surface area contributed by atoms with Gasteiger partial charge in [0.15, 0.2) is 0 Å². The summed E-state index contributed by atoms with van der Waals surface area (Å²) in [5.41, 5.74) is 6.35. The van der Waals surface area contributed by atoms with Gasteiger partial charge in [0.1, 0.15) is 5.55 Å². The van der Waals surface area contributed by atoms with E-state index in [0.717, 1.165) is 6.42 Å². The van der Waals surface area contributed by atoms with Crippen molar-refractivity contribution >= 4 is 28.7 Å². The Kier molecular flexibility index (Phi) is 3.25. The van der Waals surface area contributed by atoms with Crippen molar-refractivity contribution < 1.29 is 4.74 Å². The van der Waals surface area contributed by atoms with Gasteiger partial charge in [-0.15, -0.1) is 0 Å². The van der Waals surface area contributed by atoms with Crippen molar-refractivity contribution in [3.63, 3.8) is 0 Å². The minimum Gasteiger partial charge on any atom is -0.489 e. The van der Waals surface area contributed by atoms with Gasteiger partial charge < -0.3 is 9.72 Å². The lowest BCUT2D eigenvalue weighted by Gasteiger charge is -2.01. The van der Waals surface area contributed by atoms with Gasteiger partial charge in [0.2, 0.25) is 0 Å². The molecule has 0 aliphatic carbocycles. The minimum absolute atomic E-state index is 0.644. The molecule has 0 radical (unpaired) electrons. The van der Waals surface area contributed by atoms with Gasteiger partial charge in [-0.2, -0.15) is 0 Å². The lowest BCUT2D eigenvalue weighted by molar-refractivity contribution is 0.332. The molecule has 2 aromatic rings. The first-order valence-electron chi connectivity index (χ1n) is 5.35. The molecule has 0 amide bonds. The van der Waals surface area contributed by atoms with Crippen molar-refractivity contribution in [2.45, 2.75) is 20.3 Å². The van der Waals surface area contributed by atoms with Crippen molar-refractivity contribution in [2.24, 2.45) is 0 Å². The van der Waals surface area contributed by atoms with Gasteiger partial charge in [-0.05, 0) is 43.8 Å². The summed E-state index contributed by atoms with van der Waals surface area (Å²) in [6.45, 7) is 4.85. The molecule has 0 bridgehead atoms. The maximum absolute atomic E-state index is 5.12. The molecule has 0 saturated carbocycles. The largest absolute Gasteiger partial charge is 0.489 e. The monoisotopic (exact) mass is 233 g/mol. The van der Waals surface area contributed by atoms with Gasteiger partial charge in [-0.3, -0.25) is 0 Å².